The topological polar surface area (TPSA) is 12.5 Å². The molecule has 0 spiro atoms. The molecule has 0 aromatic heterocycles. The van der Waals surface area contributed by atoms with E-state index in [2.05, 4.69) is 11.5 Å². The van der Waals surface area contributed by atoms with Crippen LogP contribution in [-0.2, 0) is 4.74 Å². The van der Waals surface area contributed by atoms with Crippen LogP contribution < -0.4 is 0 Å². The molecular weight excluding hydrogens is 130 g/mol. The van der Waals surface area contributed by atoms with Gasteiger partial charge in [0.25, 0.3) is 0 Å². The molecule has 0 aromatic rings. The average molecular weight is 145 g/mol. The van der Waals surface area contributed by atoms with E-state index in [4.69, 9.17) is 4.74 Å². The largest absolute Gasteiger partial charge is 0.376 e. The maximum absolute atomic E-state index is 5.48. The van der Waals surface area contributed by atoms with Crippen molar-refractivity contribution in [2.24, 2.45) is 0 Å². The Kier molecular flexibility index (Phi) is 2.69. The van der Waals surface area contributed by atoms with Crippen LogP contribution >= 0.6 is 0 Å². The van der Waals surface area contributed by atoms with Crippen molar-refractivity contribution in [3.8, 4) is 0 Å². The second-order valence-corrected chi connectivity index (χ2v) is 3.93. The third kappa shape index (κ3) is 2.08. The Morgan fingerprint density at radius 2 is 2.56 bits per heavy atom. The second-order valence-electron chi connectivity index (χ2n) is 2.66. The minimum atomic E-state index is 0.524. The van der Waals surface area contributed by atoms with E-state index >= 15 is 0 Å². The molecule has 0 aliphatic carbocycles. The molecule has 1 atom stereocenters. The molecular formula is C6H15NOSi. The SMILES string of the molecule is CCC1CN([SiH3])CCO1. The number of morpholine rings is 1. The molecule has 1 unspecified atom stereocenters. The molecule has 1 aliphatic rings. The van der Waals surface area contributed by atoms with E-state index in [1.54, 1.807) is 0 Å². The lowest BCUT2D eigenvalue weighted by Crippen LogP contribution is -2.40. The molecule has 1 heterocycles. The first-order valence-electron chi connectivity index (χ1n) is 3.63. The number of hydrogen-bond donors (Lipinski definition) is 0. The first-order valence-corrected chi connectivity index (χ1v) is 4.52. The van der Waals surface area contributed by atoms with E-state index in [1.807, 2.05) is 0 Å². The van der Waals surface area contributed by atoms with Crippen molar-refractivity contribution in [3.05, 3.63) is 0 Å². The highest BCUT2D eigenvalue weighted by Crippen LogP contribution is 2.04. The fourth-order valence-electron chi connectivity index (χ4n) is 1.11. The predicted octanol–water partition coefficient (Wildman–Crippen LogP) is -0.622. The Bertz CT molecular complexity index is 89.1. The molecule has 0 N–H and O–H groups in total. The van der Waals surface area contributed by atoms with Gasteiger partial charge in [0.05, 0.1) is 23.1 Å². The van der Waals surface area contributed by atoms with Crippen LogP contribution in [0.3, 0.4) is 0 Å². The van der Waals surface area contributed by atoms with Crippen LogP contribution in [0.1, 0.15) is 13.3 Å². The molecule has 0 radical (unpaired) electrons. The third-order valence-electron chi connectivity index (χ3n) is 1.80. The fourth-order valence-corrected chi connectivity index (χ4v) is 1.70. The molecule has 0 bridgehead atoms. The molecule has 1 fully saturated rings. The summed E-state index contributed by atoms with van der Waals surface area (Å²) < 4.78 is 7.93. The van der Waals surface area contributed by atoms with Crippen LogP contribution in [0.2, 0.25) is 0 Å². The monoisotopic (exact) mass is 145 g/mol. The summed E-state index contributed by atoms with van der Waals surface area (Å²) >= 11 is 0. The lowest BCUT2D eigenvalue weighted by atomic mass is 10.2. The summed E-state index contributed by atoms with van der Waals surface area (Å²) in [7, 11) is 1.20. The summed E-state index contributed by atoms with van der Waals surface area (Å²) in [6.45, 7) is 5.46. The van der Waals surface area contributed by atoms with E-state index in [-0.39, 0.29) is 0 Å². The molecule has 1 aliphatic heterocycles. The van der Waals surface area contributed by atoms with E-state index in [9.17, 15) is 0 Å². The van der Waals surface area contributed by atoms with Crippen LogP contribution in [0.4, 0.5) is 0 Å². The van der Waals surface area contributed by atoms with E-state index < -0.39 is 0 Å². The van der Waals surface area contributed by atoms with E-state index in [0.29, 0.717) is 6.10 Å². The van der Waals surface area contributed by atoms with Gasteiger partial charge in [-0.05, 0) is 6.42 Å². The number of hydrogen-bond acceptors (Lipinski definition) is 2. The van der Waals surface area contributed by atoms with Gasteiger partial charge < -0.3 is 9.30 Å². The Balaban J connectivity index is 2.23. The highest BCUT2D eigenvalue weighted by Gasteiger charge is 2.14. The van der Waals surface area contributed by atoms with Crippen molar-refractivity contribution in [2.45, 2.75) is 19.4 Å². The summed E-state index contributed by atoms with van der Waals surface area (Å²) in [4.78, 5) is 0. The van der Waals surface area contributed by atoms with Crippen LogP contribution in [0.15, 0.2) is 0 Å². The standard InChI is InChI=1S/C6H15NOSi/c1-2-6-5-7(9)3-4-8-6/h6H,2-5H2,1,9H3. The summed E-state index contributed by atoms with van der Waals surface area (Å²) in [5.41, 5.74) is 0. The highest BCUT2D eigenvalue weighted by atomic mass is 28.2. The van der Waals surface area contributed by atoms with Crippen LogP contribution in [0.5, 0.6) is 0 Å². The van der Waals surface area contributed by atoms with Gasteiger partial charge in [0.2, 0.25) is 0 Å². The molecule has 3 heteroatoms. The summed E-state index contributed by atoms with van der Waals surface area (Å²) in [5, 5.41) is 0. The van der Waals surface area contributed by atoms with Gasteiger partial charge in [-0.25, -0.2) is 0 Å². The average Bonchev–Trinajstić information content (AvgIpc) is 1.88. The molecule has 9 heavy (non-hydrogen) atoms. The molecule has 0 saturated carbocycles. The maximum Gasteiger partial charge on any atom is 0.0787 e. The maximum atomic E-state index is 5.48. The van der Waals surface area contributed by atoms with Gasteiger partial charge in [-0.1, -0.05) is 6.92 Å². The third-order valence-corrected chi connectivity index (χ3v) is 2.61. The number of rotatable bonds is 1. The first kappa shape index (κ1) is 7.25. The van der Waals surface area contributed by atoms with Gasteiger partial charge >= 0.3 is 0 Å². The van der Waals surface area contributed by atoms with E-state index in [0.717, 1.165) is 13.2 Å². The first-order chi connectivity index (χ1) is 4.33. The molecule has 0 aromatic carbocycles. The molecule has 54 valence electrons. The van der Waals surface area contributed by atoms with Crippen LogP contribution in [0, 0.1) is 0 Å². The Morgan fingerprint density at radius 1 is 1.78 bits per heavy atom. The van der Waals surface area contributed by atoms with Gasteiger partial charge in [-0.15, -0.1) is 0 Å². The predicted molar refractivity (Wildman–Crippen MR) is 41.5 cm³/mol. The lowest BCUT2D eigenvalue weighted by Gasteiger charge is -2.29. The Labute approximate surface area is 59.7 Å². The van der Waals surface area contributed by atoms with Gasteiger partial charge in [-0.3, -0.25) is 0 Å². The fraction of sp³-hybridized carbons (Fsp3) is 1.00. The summed E-state index contributed by atoms with van der Waals surface area (Å²) in [5.74, 6) is 0. The van der Waals surface area contributed by atoms with Gasteiger partial charge in [0.1, 0.15) is 0 Å². The zero-order valence-corrected chi connectivity index (χ0v) is 8.26. The Morgan fingerprint density at radius 3 is 3.00 bits per heavy atom. The molecule has 1 saturated heterocycles. The van der Waals surface area contributed by atoms with Crippen molar-refractivity contribution in [1.82, 2.24) is 4.57 Å². The van der Waals surface area contributed by atoms with E-state index in [1.165, 1.54) is 23.4 Å². The van der Waals surface area contributed by atoms with Gasteiger partial charge in [0.15, 0.2) is 0 Å². The minimum Gasteiger partial charge on any atom is -0.376 e. The van der Waals surface area contributed by atoms with Gasteiger partial charge in [-0.2, -0.15) is 0 Å². The van der Waals surface area contributed by atoms with Crippen molar-refractivity contribution < 1.29 is 4.74 Å². The van der Waals surface area contributed by atoms with Crippen LogP contribution in [0.25, 0.3) is 0 Å². The zero-order chi connectivity index (χ0) is 6.69. The molecule has 2 nitrogen and oxygen atoms in total. The van der Waals surface area contributed by atoms with Crippen molar-refractivity contribution in [2.75, 3.05) is 19.7 Å². The Hall–Kier alpha value is 0.137. The summed E-state index contributed by atoms with van der Waals surface area (Å²) in [6, 6.07) is 0. The van der Waals surface area contributed by atoms with Gasteiger partial charge in [0, 0.05) is 13.1 Å². The van der Waals surface area contributed by atoms with Crippen molar-refractivity contribution in [3.63, 3.8) is 0 Å². The van der Waals surface area contributed by atoms with Crippen molar-refractivity contribution >= 4 is 10.4 Å². The smallest absolute Gasteiger partial charge is 0.0787 e. The van der Waals surface area contributed by atoms with Crippen LogP contribution in [-0.4, -0.2) is 40.8 Å². The quantitative estimate of drug-likeness (QED) is 0.456. The normalized spacial score (nSPS) is 31.0. The number of nitrogens with zero attached hydrogens (tertiary/aromatic N) is 1. The number of ether oxygens (including phenoxy) is 1. The second kappa shape index (κ2) is 3.34. The molecule has 0 amide bonds. The molecule has 1 rings (SSSR count). The lowest BCUT2D eigenvalue weighted by molar-refractivity contribution is -0.00244. The summed E-state index contributed by atoms with van der Waals surface area (Å²) in [6.07, 6.45) is 1.69. The van der Waals surface area contributed by atoms with Crippen molar-refractivity contribution in [1.29, 1.82) is 0 Å². The highest BCUT2D eigenvalue weighted by molar-refractivity contribution is 6.04. The zero-order valence-electron chi connectivity index (χ0n) is 6.26. The minimum absolute atomic E-state index is 0.524.